The van der Waals surface area contributed by atoms with Gasteiger partial charge in [0.15, 0.2) is 11.7 Å². The second kappa shape index (κ2) is 8.07. The molecule has 5 nitrogen and oxygen atoms in total. The molecule has 0 bridgehead atoms. The third-order valence-electron chi connectivity index (χ3n) is 5.04. The highest BCUT2D eigenvalue weighted by Gasteiger charge is 2.48. The molecule has 0 spiro atoms. The molecule has 0 saturated carbocycles. The molecular formula is C20H18BrF3N4OS. The van der Waals surface area contributed by atoms with Crippen LogP contribution in [0.25, 0.3) is 0 Å². The molecule has 1 amide bonds. The molecule has 0 aliphatic carbocycles. The third-order valence-corrected chi connectivity index (χ3v) is 6.78. The largest absolute Gasteiger partial charge is 0.410 e. The molecule has 4 rings (SSSR count). The molecule has 1 aliphatic rings. The minimum absolute atomic E-state index is 0.0821. The minimum Gasteiger partial charge on any atom is -0.362 e. The number of nitrogens with one attached hydrogen (secondary N) is 2. The summed E-state index contributed by atoms with van der Waals surface area (Å²) in [6, 6.07) is 10.2. The van der Waals surface area contributed by atoms with Gasteiger partial charge in [0.25, 0.3) is 5.91 Å². The van der Waals surface area contributed by atoms with E-state index in [0.29, 0.717) is 0 Å². The van der Waals surface area contributed by atoms with Crippen LogP contribution in [0, 0.1) is 0 Å². The van der Waals surface area contributed by atoms with Gasteiger partial charge >= 0.3 is 6.18 Å². The summed E-state index contributed by atoms with van der Waals surface area (Å²) in [4.78, 5) is 13.6. The summed E-state index contributed by atoms with van der Waals surface area (Å²) >= 11 is 4.69. The fraction of sp³-hybridized carbons (Fsp3) is 0.300. The summed E-state index contributed by atoms with van der Waals surface area (Å²) in [5.74, 6) is -0.394. The number of carbonyl (C=O) groups is 1. The topological polar surface area (TPSA) is 59.0 Å². The van der Waals surface area contributed by atoms with Gasteiger partial charge in [0.05, 0.1) is 16.6 Å². The summed E-state index contributed by atoms with van der Waals surface area (Å²) in [5, 5.41) is 11.8. The summed E-state index contributed by atoms with van der Waals surface area (Å²) in [6.07, 6.45) is -4.70. The Morgan fingerprint density at radius 2 is 2.03 bits per heavy atom. The second-order valence-electron chi connectivity index (χ2n) is 7.07. The summed E-state index contributed by atoms with van der Waals surface area (Å²) in [5.41, 5.74) is 0.802. The highest BCUT2D eigenvalue weighted by molar-refractivity contribution is 9.10. The molecule has 30 heavy (non-hydrogen) atoms. The number of hydrogen-bond acceptors (Lipinski definition) is 4. The Bertz CT molecular complexity index is 1040. The number of carbonyl (C=O) groups excluding carboxylic acids is 1. The van der Waals surface area contributed by atoms with Crippen LogP contribution in [0.4, 0.5) is 19.0 Å². The molecule has 2 aromatic heterocycles. The van der Waals surface area contributed by atoms with E-state index in [9.17, 15) is 18.0 Å². The van der Waals surface area contributed by atoms with Gasteiger partial charge in [-0.15, -0.1) is 11.3 Å². The van der Waals surface area contributed by atoms with Gasteiger partial charge in [-0.05, 0) is 39.9 Å². The molecule has 1 aliphatic heterocycles. The number of amides is 1. The van der Waals surface area contributed by atoms with Gasteiger partial charge in [-0.1, -0.05) is 36.4 Å². The Balaban J connectivity index is 1.65. The number of aromatic nitrogens is 2. The second-order valence-corrected chi connectivity index (χ2v) is 8.84. The van der Waals surface area contributed by atoms with E-state index in [0.717, 1.165) is 15.1 Å². The first-order valence-corrected chi connectivity index (χ1v) is 10.9. The molecule has 1 aromatic carbocycles. The fourth-order valence-electron chi connectivity index (χ4n) is 3.50. The lowest BCUT2D eigenvalue weighted by Crippen LogP contribution is -2.35. The lowest BCUT2D eigenvalue weighted by molar-refractivity contribution is -0.173. The van der Waals surface area contributed by atoms with E-state index in [1.807, 2.05) is 35.7 Å². The maximum atomic E-state index is 13.8. The number of benzene rings is 1. The zero-order valence-electron chi connectivity index (χ0n) is 15.8. The van der Waals surface area contributed by atoms with Crippen molar-refractivity contribution >= 4 is 39.0 Å². The van der Waals surface area contributed by atoms with Gasteiger partial charge in [0.1, 0.15) is 5.82 Å². The zero-order valence-corrected chi connectivity index (χ0v) is 18.2. The first-order valence-electron chi connectivity index (χ1n) is 9.26. The lowest BCUT2D eigenvalue weighted by Gasteiger charge is -2.33. The molecule has 0 fully saturated rings. The predicted octanol–water partition coefficient (Wildman–Crippen LogP) is 5.86. The van der Waals surface area contributed by atoms with Crippen molar-refractivity contribution in [2.45, 2.75) is 37.6 Å². The monoisotopic (exact) mass is 498 g/mol. The highest BCUT2D eigenvalue weighted by Crippen LogP contribution is 2.46. The van der Waals surface area contributed by atoms with Crippen LogP contribution in [0.15, 0.2) is 52.3 Å². The van der Waals surface area contributed by atoms with Crippen LogP contribution in [0.3, 0.4) is 0 Å². The lowest BCUT2D eigenvalue weighted by atomic mass is 10.0. The standard InChI is InChI=1S/C20H18BrF3N4OS/c1-11(12-6-3-2-4-7-12)25-19(29)17-16(21)18-26-13(14-8-5-9-30-14)10-15(20(22,23)24)28(18)27-17/h2-9,11,13,15,26H,10H2,1H3,(H,25,29). The van der Waals surface area contributed by atoms with Crippen LogP contribution in [0.2, 0.25) is 0 Å². The van der Waals surface area contributed by atoms with Crippen molar-refractivity contribution in [3.05, 3.63) is 68.5 Å². The van der Waals surface area contributed by atoms with Crippen LogP contribution in [-0.4, -0.2) is 21.9 Å². The van der Waals surface area contributed by atoms with E-state index in [1.54, 1.807) is 19.1 Å². The van der Waals surface area contributed by atoms with Gasteiger partial charge in [-0.2, -0.15) is 18.3 Å². The van der Waals surface area contributed by atoms with Crippen LogP contribution in [0.1, 0.15) is 52.4 Å². The van der Waals surface area contributed by atoms with E-state index in [2.05, 4.69) is 31.7 Å². The average Bonchev–Trinajstić information content (AvgIpc) is 3.36. The number of alkyl halides is 3. The smallest absolute Gasteiger partial charge is 0.362 e. The molecule has 0 saturated heterocycles. The molecule has 158 valence electrons. The van der Waals surface area contributed by atoms with Crippen LogP contribution in [-0.2, 0) is 0 Å². The molecule has 0 radical (unpaired) electrons. The van der Waals surface area contributed by atoms with E-state index >= 15 is 0 Å². The Hall–Kier alpha value is -2.33. The van der Waals surface area contributed by atoms with Crippen molar-refractivity contribution < 1.29 is 18.0 Å². The van der Waals surface area contributed by atoms with Crippen LogP contribution >= 0.6 is 27.3 Å². The normalized spacial score (nSPS) is 19.6. The van der Waals surface area contributed by atoms with E-state index in [1.165, 1.54) is 11.3 Å². The van der Waals surface area contributed by atoms with E-state index < -0.39 is 24.2 Å². The van der Waals surface area contributed by atoms with Crippen molar-refractivity contribution in [1.29, 1.82) is 0 Å². The van der Waals surface area contributed by atoms with Gasteiger partial charge < -0.3 is 10.6 Å². The SMILES string of the molecule is CC(NC(=O)c1nn2c(c1Br)NC(c1cccs1)CC2C(F)(F)F)c1ccccc1. The van der Waals surface area contributed by atoms with Gasteiger partial charge in [0.2, 0.25) is 0 Å². The van der Waals surface area contributed by atoms with Crippen molar-refractivity contribution in [2.75, 3.05) is 5.32 Å². The Morgan fingerprint density at radius 1 is 1.30 bits per heavy atom. The number of rotatable bonds is 4. The number of anilines is 1. The summed E-state index contributed by atoms with van der Waals surface area (Å²) in [7, 11) is 0. The molecule has 10 heteroatoms. The molecule has 3 aromatic rings. The van der Waals surface area contributed by atoms with Crippen molar-refractivity contribution in [3.8, 4) is 0 Å². The summed E-state index contributed by atoms with van der Waals surface area (Å²) in [6.45, 7) is 1.81. The van der Waals surface area contributed by atoms with Crippen molar-refractivity contribution in [1.82, 2.24) is 15.1 Å². The van der Waals surface area contributed by atoms with Gasteiger partial charge in [-0.25, -0.2) is 4.68 Å². The Kier molecular flexibility index (Phi) is 5.63. The number of fused-ring (bicyclic) bond motifs is 1. The average molecular weight is 499 g/mol. The molecule has 2 N–H and O–H groups in total. The maximum absolute atomic E-state index is 13.8. The summed E-state index contributed by atoms with van der Waals surface area (Å²) < 4.78 is 42.5. The zero-order chi connectivity index (χ0) is 21.5. The van der Waals surface area contributed by atoms with E-state index in [4.69, 9.17) is 0 Å². The number of thiophene rings is 1. The van der Waals surface area contributed by atoms with Crippen LogP contribution < -0.4 is 10.6 Å². The first-order chi connectivity index (χ1) is 14.3. The first kappa shape index (κ1) is 20.9. The van der Waals surface area contributed by atoms with Crippen molar-refractivity contribution in [3.63, 3.8) is 0 Å². The number of halogens is 4. The third kappa shape index (κ3) is 3.98. The minimum atomic E-state index is -4.50. The Morgan fingerprint density at radius 3 is 2.67 bits per heavy atom. The molecule has 3 heterocycles. The molecule has 3 atom stereocenters. The van der Waals surface area contributed by atoms with Crippen LogP contribution in [0.5, 0.6) is 0 Å². The van der Waals surface area contributed by atoms with Gasteiger partial charge in [-0.3, -0.25) is 4.79 Å². The Labute approximate surface area is 183 Å². The predicted molar refractivity (Wildman–Crippen MR) is 113 cm³/mol. The maximum Gasteiger partial charge on any atom is 0.410 e. The van der Waals surface area contributed by atoms with Crippen molar-refractivity contribution in [2.24, 2.45) is 0 Å². The van der Waals surface area contributed by atoms with E-state index in [-0.39, 0.29) is 28.4 Å². The van der Waals surface area contributed by atoms with Gasteiger partial charge in [0, 0.05) is 11.3 Å². The number of hydrogen-bond donors (Lipinski definition) is 2. The quantitative estimate of drug-likeness (QED) is 0.473. The molecular weight excluding hydrogens is 481 g/mol. The highest BCUT2D eigenvalue weighted by atomic mass is 79.9. The number of nitrogens with zero attached hydrogens (tertiary/aromatic N) is 2. The fourth-order valence-corrected chi connectivity index (χ4v) is 4.85. The molecule has 3 unspecified atom stereocenters.